The Morgan fingerprint density at radius 2 is 1.76 bits per heavy atom. The van der Waals surface area contributed by atoms with Crippen LogP contribution in [0.5, 0.6) is 0 Å². The topological polar surface area (TPSA) is 61.9 Å². The average molecular weight is 241 g/mol. The van der Waals surface area contributed by atoms with Crippen molar-refractivity contribution in [2.45, 2.75) is 72.8 Å². The van der Waals surface area contributed by atoms with Crippen LogP contribution < -0.4 is 11.1 Å². The van der Waals surface area contributed by atoms with Gasteiger partial charge in [0.1, 0.15) is 0 Å². The van der Waals surface area contributed by atoms with Crippen LogP contribution in [0.1, 0.15) is 67.2 Å². The molecule has 0 bridgehead atoms. The van der Waals surface area contributed by atoms with Gasteiger partial charge in [-0.2, -0.15) is 0 Å². The molecule has 0 amide bonds. The molecule has 0 radical (unpaired) electrons. The van der Waals surface area contributed by atoms with Crippen molar-refractivity contribution in [3.63, 3.8) is 0 Å². The van der Waals surface area contributed by atoms with Gasteiger partial charge in [-0.1, -0.05) is 53.4 Å². The van der Waals surface area contributed by atoms with Crippen LogP contribution in [0.2, 0.25) is 0 Å². The van der Waals surface area contributed by atoms with Gasteiger partial charge in [0.25, 0.3) is 0 Å². The number of unbranched alkanes of at least 4 members (excludes halogenated alkanes) is 2. The van der Waals surface area contributed by atoms with Crippen LogP contribution >= 0.6 is 0 Å². The Labute approximate surface area is 107 Å². The van der Waals surface area contributed by atoms with Gasteiger partial charge in [-0.25, -0.2) is 0 Å². The molecule has 3 nitrogen and oxygen atoms in total. The maximum Gasteiger partial charge on any atom is 0.186 e. The second-order valence-electron chi connectivity index (χ2n) is 6.28. The van der Waals surface area contributed by atoms with Crippen molar-refractivity contribution in [3.8, 4) is 0 Å². The number of guanidine groups is 1. The van der Waals surface area contributed by atoms with Gasteiger partial charge >= 0.3 is 0 Å². The van der Waals surface area contributed by atoms with Crippen molar-refractivity contribution in [1.82, 2.24) is 5.32 Å². The van der Waals surface area contributed by atoms with Crippen molar-refractivity contribution in [3.05, 3.63) is 0 Å². The molecular weight excluding hydrogens is 210 g/mol. The zero-order chi connectivity index (χ0) is 13.7. The van der Waals surface area contributed by atoms with E-state index in [1.807, 2.05) is 0 Å². The largest absolute Gasteiger partial charge is 0.370 e. The fourth-order valence-corrected chi connectivity index (χ4v) is 2.18. The maximum absolute atomic E-state index is 7.41. The number of hydrogen-bond donors (Lipinski definition) is 3. The molecule has 3 heteroatoms. The van der Waals surface area contributed by atoms with Gasteiger partial charge in [-0.05, 0) is 25.2 Å². The van der Waals surface area contributed by atoms with Crippen LogP contribution in [0.4, 0.5) is 0 Å². The summed E-state index contributed by atoms with van der Waals surface area (Å²) < 4.78 is 0. The van der Waals surface area contributed by atoms with E-state index in [0.29, 0.717) is 5.92 Å². The van der Waals surface area contributed by atoms with Crippen LogP contribution in [0.15, 0.2) is 0 Å². The van der Waals surface area contributed by atoms with E-state index < -0.39 is 0 Å². The van der Waals surface area contributed by atoms with E-state index in [1.54, 1.807) is 0 Å². The summed E-state index contributed by atoms with van der Waals surface area (Å²) in [6.45, 7) is 13.3. The minimum atomic E-state index is -0.162. The van der Waals surface area contributed by atoms with E-state index in [1.165, 1.54) is 25.7 Å². The Bertz CT molecular complexity index is 244. The molecule has 17 heavy (non-hydrogen) atoms. The monoisotopic (exact) mass is 241 g/mol. The summed E-state index contributed by atoms with van der Waals surface area (Å²) in [5.41, 5.74) is 5.41. The molecule has 4 N–H and O–H groups in total. The molecule has 0 aromatic rings. The predicted octanol–water partition coefficient (Wildman–Crippen LogP) is 3.49. The van der Waals surface area contributed by atoms with Gasteiger partial charge in [-0.3, -0.25) is 5.41 Å². The summed E-state index contributed by atoms with van der Waals surface area (Å²) in [6, 6.07) is 0. The first kappa shape index (κ1) is 16.3. The molecule has 0 fully saturated rings. The van der Waals surface area contributed by atoms with Crippen LogP contribution in [0.25, 0.3) is 0 Å². The lowest BCUT2D eigenvalue weighted by Crippen LogP contribution is -2.57. The number of hydrogen-bond acceptors (Lipinski definition) is 1. The summed E-state index contributed by atoms with van der Waals surface area (Å²) >= 11 is 0. The Morgan fingerprint density at radius 3 is 2.18 bits per heavy atom. The molecule has 0 saturated carbocycles. The van der Waals surface area contributed by atoms with E-state index in [4.69, 9.17) is 11.1 Å². The highest BCUT2D eigenvalue weighted by atomic mass is 15.1. The highest BCUT2D eigenvalue weighted by Crippen LogP contribution is 2.40. The molecule has 0 aliphatic heterocycles. The normalized spacial score (nSPS) is 14.5. The summed E-state index contributed by atoms with van der Waals surface area (Å²) in [4.78, 5) is 0. The Kier molecular flexibility index (Phi) is 6.00. The number of nitrogens with one attached hydrogen (secondary N) is 2. The average Bonchev–Trinajstić information content (AvgIpc) is 2.15. The second kappa shape index (κ2) is 6.27. The van der Waals surface area contributed by atoms with Gasteiger partial charge in [0, 0.05) is 5.54 Å². The highest BCUT2D eigenvalue weighted by Gasteiger charge is 2.41. The third-order valence-corrected chi connectivity index (χ3v) is 4.53. The standard InChI is InChI=1S/C14H31N3/c1-7-8-9-10-11(2)13(3,4)14(5,6)17-12(15)16/h11H,7-10H2,1-6H3,(H4,15,16,17). The summed E-state index contributed by atoms with van der Waals surface area (Å²) in [7, 11) is 0. The zero-order valence-electron chi connectivity index (χ0n) is 12.5. The quantitative estimate of drug-likeness (QED) is 0.363. The molecule has 0 heterocycles. The van der Waals surface area contributed by atoms with Crippen molar-refractivity contribution >= 4 is 5.96 Å². The maximum atomic E-state index is 7.41. The molecule has 0 aliphatic rings. The third-order valence-electron chi connectivity index (χ3n) is 4.53. The minimum absolute atomic E-state index is 0.0591. The van der Waals surface area contributed by atoms with E-state index in [9.17, 15) is 0 Å². The predicted molar refractivity (Wildman–Crippen MR) is 76.2 cm³/mol. The van der Waals surface area contributed by atoms with E-state index in [-0.39, 0.29) is 16.9 Å². The van der Waals surface area contributed by atoms with Crippen LogP contribution in [0, 0.1) is 16.7 Å². The molecule has 0 aromatic carbocycles. The van der Waals surface area contributed by atoms with E-state index in [0.717, 1.165) is 0 Å². The first-order valence-corrected chi connectivity index (χ1v) is 6.77. The first-order chi connectivity index (χ1) is 7.65. The molecule has 0 aliphatic carbocycles. The smallest absolute Gasteiger partial charge is 0.186 e. The number of nitrogens with two attached hydrogens (primary N) is 1. The van der Waals surface area contributed by atoms with Gasteiger partial charge in [-0.15, -0.1) is 0 Å². The van der Waals surface area contributed by atoms with Gasteiger partial charge < -0.3 is 11.1 Å². The molecule has 0 aromatic heterocycles. The Hall–Kier alpha value is -0.730. The fraction of sp³-hybridized carbons (Fsp3) is 0.929. The van der Waals surface area contributed by atoms with Crippen molar-refractivity contribution in [1.29, 1.82) is 5.41 Å². The fourth-order valence-electron chi connectivity index (χ4n) is 2.18. The Morgan fingerprint density at radius 1 is 1.24 bits per heavy atom. The second-order valence-corrected chi connectivity index (χ2v) is 6.28. The van der Waals surface area contributed by atoms with Gasteiger partial charge in [0.2, 0.25) is 0 Å². The summed E-state index contributed by atoms with van der Waals surface area (Å²) in [5, 5.41) is 10.5. The molecule has 1 unspecified atom stereocenters. The minimum Gasteiger partial charge on any atom is -0.370 e. The van der Waals surface area contributed by atoms with Crippen molar-refractivity contribution < 1.29 is 0 Å². The lowest BCUT2D eigenvalue weighted by atomic mass is 9.65. The SMILES string of the molecule is CCCCCC(C)C(C)(C)C(C)(C)NC(=N)N. The van der Waals surface area contributed by atoms with E-state index in [2.05, 4.69) is 46.9 Å². The van der Waals surface area contributed by atoms with Crippen molar-refractivity contribution in [2.24, 2.45) is 17.1 Å². The molecule has 0 spiro atoms. The third kappa shape index (κ3) is 4.57. The highest BCUT2D eigenvalue weighted by molar-refractivity contribution is 5.75. The lowest BCUT2D eigenvalue weighted by molar-refractivity contribution is 0.0949. The lowest BCUT2D eigenvalue weighted by Gasteiger charge is -2.46. The molecule has 1 atom stereocenters. The molecule has 102 valence electrons. The van der Waals surface area contributed by atoms with Crippen LogP contribution in [-0.2, 0) is 0 Å². The van der Waals surface area contributed by atoms with Crippen molar-refractivity contribution in [2.75, 3.05) is 0 Å². The molecular formula is C14H31N3. The summed E-state index contributed by atoms with van der Waals surface area (Å²) in [6.07, 6.45) is 5.10. The Balaban J connectivity index is 4.56. The van der Waals surface area contributed by atoms with Gasteiger partial charge in [0.05, 0.1) is 0 Å². The van der Waals surface area contributed by atoms with Crippen LogP contribution in [0.3, 0.4) is 0 Å². The first-order valence-electron chi connectivity index (χ1n) is 6.77. The van der Waals surface area contributed by atoms with Gasteiger partial charge in [0.15, 0.2) is 5.96 Å². The number of rotatable bonds is 7. The molecule has 0 rings (SSSR count). The summed E-state index contributed by atoms with van der Waals surface area (Å²) in [5.74, 6) is 0.666. The zero-order valence-corrected chi connectivity index (χ0v) is 12.5. The van der Waals surface area contributed by atoms with E-state index >= 15 is 0 Å². The van der Waals surface area contributed by atoms with Crippen LogP contribution in [-0.4, -0.2) is 11.5 Å². The molecule has 0 saturated heterocycles.